The van der Waals surface area contributed by atoms with Crippen molar-refractivity contribution in [2.24, 2.45) is 0 Å². The van der Waals surface area contributed by atoms with E-state index in [-0.39, 0.29) is 40.8 Å². The van der Waals surface area contributed by atoms with Gasteiger partial charge in [-0.2, -0.15) is 36.5 Å². The molecule has 0 radical (unpaired) electrons. The number of hydrogen-bond acceptors (Lipinski definition) is 6. The fourth-order valence-corrected chi connectivity index (χ4v) is 6.27. The molecule has 0 saturated heterocycles. The van der Waals surface area contributed by atoms with Gasteiger partial charge in [0.25, 0.3) is 0 Å². The zero-order chi connectivity index (χ0) is 29.0. The maximum atomic E-state index is 14.2. The Bertz CT molecular complexity index is 1690. The number of rotatable bonds is 6. The Labute approximate surface area is 241 Å². The quantitative estimate of drug-likeness (QED) is 0.178. The van der Waals surface area contributed by atoms with Crippen LogP contribution in [0.25, 0.3) is 27.6 Å². The molecule has 15 heteroatoms. The summed E-state index contributed by atoms with van der Waals surface area (Å²) in [6, 6.07) is 11.9. The number of aromatic nitrogens is 7. The Kier molecular flexibility index (Phi) is 6.76. The first-order valence-electron chi connectivity index (χ1n) is 12.3. The lowest BCUT2D eigenvalue weighted by molar-refractivity contribution is -0.212. The molecule has 212 valence electrons. The van der Waals surface area contributed by atoms with E-state index in [4.69, 9.17) is 0 Å². The van der Waals surface area contributed by atoms with Crippen LogP contribution >= 0.6 is 27.3 Å². The molecule has 0 bridgehead atoms. The van der Waals surface area contributed by atoms with Gasteiger partial charge in [0, 0.05) is 15.6 Å². The van der Waals surface area contributed by atoms with Gasteiger partial charge in [-0.05, 0) is 37.1 Å². The van der Waals surface area contributed by atoms with Crippen molar-refractivity contribution in [3.8, 4) is 27.6 Å². The third kappa shape index (κ3) is 4.84. The van der Waals surface area contributed by atoms with Crippen molar-refractivity contribution >= 4 is 27.3 Å². The van der Waals surface area contributed by atoms with Crippen LogP contribution in [0.15, 0.2) is 65.7 Å². The first-order chi connectivity index (χ1) is 19.5. The topological polar surface area (TPSA) is 74.3 Å². The fraction of sp³-hybridized carbons (Fsp3) is 0.269. The van der Waals surface area contributed by atoms with Gasteiger partial charge in [0.2, 0.25) is 0 Å². The van der Waals surface area contributed by atoms with Crippen LogP contribution in [0.1, 0.15) is 35.4 Å². The molecule has 1 fully saturated rings. The van der Waals surface area contributed by atoms with E-state index in [0.29, 0.717) is 23.2 Å². The summed E-state index contributed by atoms with van der Waals surface area (Å²) in [6.45, 7) is 0.00818. The summed E-state index contributed by atoms with van der Waals surface area (Å²) >= 11 is 4.13. The van der Waals surface area contributed by atoms with Crippen LogP contribution in [0.3, 0.4) is 0 Å². The highest BCUT2D eigenvalue weighted by molar-refractivity contribution is 9.10. The van der Waals surface area contributed by atoms with E-state index >= 15 is 0 Å². The van der Waals surface area contributed by atoms with Gasteiger partial charge in [0.05, 0.1) is 23.5 Å². The molecule has 6 rings (SSSR count). The van der Waals surface area contributed by atoms with E-state index < -0.39 is 23.3 Å². The minimum absolute atomic E-state index is 0.00818. The van der Waals surface area contributed by atoms with Gasteiger partial charge in [-0.25, -0.2) is 14.3 Å². The molecule has 3 heterocycles. The van der Waals surface area contributed by atoms with Crippen LogP contribution in [0, 0.1) is 0 Å². The molecule has 1 aliphatic carbocycles. The monoisotopic (exact) mass is 653 g/mol. The predicted molar refractivity (Wildman–Crippen MR) is 141 cm³/mol. The number of halogens is 7. The van der Waals surface area contributed by atoms with E-state index in [1.54, 1.807) is 24.3 Å². The zero-order valence-corrected chi connectivity index (χ0v) is 23.2. The molecule has 0 unspecified atom stereocenters. The molecular formula is C26H18BrF6N7S. The fourth-order valence-electron chi connectivity index (χ4n) is 4.89. The number of para-hydroxylation sites is 1. The molecule has 1 saturated carbocycles. The summed E-state index contributed by atoms with van der Waals surface area (Å²) < 4.78 is 88.0. The summed E-state index contributed by atoms with van der Waals surface area (Å²) in [5.41, 5.74) is -1.94. The minimum atomic E-state index is -4.70. The van der Waals surface area contributed by atoms with Crippen molar-refractivity contribution < 1.29 is 26.3 Å². The van der Waals surface area contributed by atoms with Crippen LogP contribution < -0.4 is 0 Å². The Hall–Kier alpha value is -3.59. The van der Waals surface area contributed by atoms with Crippen molar-refractivity contribution in [1.82, 2.24) is 34.7 Å². The summed E-state index contributed by atoms with van der Waals surface area (Å²) in [6.07, 6.45) is -6.29. The highest BCUT2D eigenvalue weighted by Crippen LogP contribution is 2.55. The van der Waals surface area contributed by atoms with Crippen molar-refractivity contribution in [1.29, 1.82) is 0 Å². The normalized spacial score (nSPS) is 15.2. The molecule has 3 aromatic heterocycles. The molecule has 0 atom stereocenters. The van der Waals surface area contributed by atoms with E-state index in [9.17, 15) is 26.3 Å². The average molecular weight is 654 g/mol. The average Bonchev–Trinajstić information content (AvgIpc) is 3.64. The summed E-state index contributed by atoms with van der Waals surface area (Å²) in [5, 5.41) is 16.6. The molecule has 41 heavy (non-hydrogen) atoms. The van der Waals surface area contributed by atoms with Gasteiger partial charge in [0.15, 0.2) is 5.01 Å². The molecule has 7 nitrogen and oxygen atoms in total. The minimum Gasteiger partial charge on any atom is -0.248 e. The Balaban J connectivity index is 1.62. The van der Waals surface area contributed by atoms with Crippen LogP contribution in [-0.2, 0) is 18.1 Å². The maximum absolute atomic E-state index is 14.2. The number of hydrogen-bond donors (Lipinski definition) is 0. The second kappa shape index (κ2) is 10.0. The summed E-state index contributed by atoms with van der Waals surface area (Å²) in [5.74, 6) is 0. The van der Waals surface area contributed by atoms with Crippen molar-refractivity contribution in [2.45, 2.75) is 43.6 Å². The van der Waals surface area contributed by atoms with Gasteiger partial charge in [-0.15, -0.1) is 10.2 Å². The zero-order valence-electron chi connectivity index (χ0n) is 20.8. The Morgan fingerprint density at radius 3 is 2.29 bits per heavy atom. The lowest BCUT2D eigenvalue weighted by Gasteiger charge is -2.40. The molecule has 5 aromatic rings. The van der Waals surface area contributed by atoms with Crippen LogP contribution in [0.2, 0.25) is 0 Å². The molecular weight excluding hydrogens is 636 g/mol. The third-order valence-corrected chi connectivity index (χ3v) is 8.77. The van der Waals surface area contributed by atoms with E-state index in [0.717, 1.165) is 26.6 Å². The van der Waals surface area contributed by atoms with Gasteiger partial charge < -0.3 is 0 Å². The van der Waals surface area contributed by atoms with Gasteiger partial charge in [-0.1, -0.05) is 58.0 Å². The summed E-state index contributed by atoms with van der Waals surface area (Å²) in [4.78, 5) is 3.95. The van der Waals surface area contributed by atoms with E-state index in [1.807, 2.05) is 0 Å². The van der Waals surface area contributed by atoms with E-state index in [2.05, 4.69) is 41.3 Å². The number of alkyl halides is 6. The predicted octanol–water partition coefficient (Wildman–Crippen LogP) is 7.46. The van der Waals surface area contributed by atoms with Gasteiger partial charge in [0.1, 0.15) is 28.8 Å². The largest absolute Gasteiger partial charge is 0.418 e. The highest BCUT2D eigenvalue weighted by atomic mass is 79.9. The first-order valence-corrected chi connectivity index (χ1v) is 13.9. The second-order valence-corrected chi connectivity index (χ2v) is 11.4. The van der Waals surface area contributed by atoms with Crippen LogP contribution in [0.5, 0.6) is 0 Å². The maximum Gasteiger partial charge on any atom is 0.418 e. The third-order valence-electron chi connectivity index (χ3n) is 7.11. The Morgan fingerprint density at radius 2 is 1.68 bits per heavy atom. The molecule has 0 N–H and O–H groups in total. The molecule has 0 amide bonds. The van der Waals surface area contributed by atoms with Crippen LogP contribution in [-0.4, -0.2) is 40.9 Å². The molecule has 0 spiro atoms. The number of nitrogens with zero attached hydrogens (tertiary/aromatic N) is 7. The van der Waals surface area contributed by atoms with Gasteiger partial charge >= 0.3 is 12.4 Å². The first kappa shape index (κ1) is 27.6. The Morgan fingerprint density at radius 1 is 0.951 bits per heavy atom. The lowest BCUT2D eigenvalue weighted by Crippen LogP contribution is -2.47. The summed E-state index contributed by atoms with van der Waals surface area (Å²) in [7, 11) is 0. The molecule has 2 aromatic carbocycles. The number of benzene rings is 2. The van der Waals surface area contributed by atoms with Crippen LogP contribution in [0.4, 0.5) is 26.3 Å². The standard InChI is InChI=1S/C26H18BrF6N7S/c27-16-8-6-15(7-9-16)21-17(12-39-14-34-13-35-39)20(38-40(21)19-5-2-1-4-18(19)25(28,29)30)22-36-37-23(41-22)24(10-3-11-24)26(31,32)33/h1-2,4-9,13-14H,3,10-12H2. The molecule has 1 aliphatic rings. The van der Waals surface area contributed by atoms with Crippen molar-refractivity contribution in [2.75, 3.05) is 0 Å². The lowest BCUT2D eigenvalue weighted by atomic mass is 9.68. The smallest absolute Gasteiger partial charge is 0.248 e. The van der Waals surface area contributed by atoms with Crippen molar-refractivity contribution in [3.05, 3.63) is 81.8 Å². The van der Waals surface area contributed by atoms with E-state index in [1.165, 1.54) is 35.5 Å². The van der Waals surface area contributed by atoms with Crippen molar-refractivity contribution in [3.63, 3.8) is 0 Å². The van der Waals surface area contributed by atoms with Gasteiger partial charge in [-0.3, -0.25) is 0 Å². The highest BCUT2D eigenvalue weighted by Gasteiger charge is 2.61. The molecule has 0 aliphatic heterocycles. The second-order valence-electron chi connectivity index (χ2n) is 9.55. The SMILES string of the molecule is FC(F)(F)c1ccccc1-n1nc(-c2nnc(C3(C(F)(F)F)CCC3)s2)c(Cn2cncn2)c1-c1ccc(Br)cc1.